The van der Waals surface area contributed by atoms with Gasteiger partial charge in [0.25, 0.3) is 0 Å². The summed E-state index contributed by atoms with van der Waals surface area (Å²) in [4.78, 5) is 0. The standard InChI is InChI=1S/C58H114O9/c1-55(2,3)41-51-37-49-39-53(57(7,8)9)47-66-35-23-17-29-61-30-18-24-36-67-48-54(58(10,11)12)40-50(44-63-32-20-14-26-59-25-13-19-31-62-43-49)38-52(42-56(4,5)6)46-65-34-22-16-28-60-27-15-21-33-64-45-51/h49-54H,13-48H2,1-12H3. The molecule has 2 fully saturated rings. The summed E-state index contributed by atoms with van der Waals surface area (Å²) in [5, 5.41) is 0. The summed E-state index contributed by atoms with van der Waals surface area (Å²) < 4.78 is 57.3. The van der Waals surface area contributed by atoms with Crippen LogP contribution in [-0.2, 0) is 42.6 Å². The third kappa shape index (κ3) is 36.2. The maximum absolute atomic E-state index is 6.54. The van der Waals surface area contributed by atoms with Crippen LogP contribution in [0.3, 0.4) is 0 Å². The molecule has 9 nitrogen and oxygen atoms in total. The third-order valence-electron chi connectivity index (χ3n) is 13.8. The molecule has 2 aliphatic heterocycles. The highest BCUT2D eigenvalue weighted by Crippen LogP contribution is 2.38. The van der Waals surface area contributed by atoms with Crippen LogP contribution in [0.1, 0.15) is 199 Å². The van der Waals surface area contributed by atoms with E-state index in [4.69, 9.17) is 42.6 Å². The van der Waals surface area contributed by atoms with E-state index in [2.05, 4.69) is 83.1 Å². The molecular weight excluding hydrogens is 841 g/mol. The van der Waals surface area contributed by atoms with Gasteiger partial charge in [-0.25, -0.2) is 0 Å². The van der Waals surface area contributed by atoms with Gasteiger partial charge in [0.1, 0.15) is 0 Å². The van der Waals surface area contributed by atoms with E-state index in [0.717, 1.165) is 234 Å². The highest BCUT2D eigenvalue weighted by molar-refractivity contribution is 4.82. The second kappa shape index (κ2) is 36.5. The van der Waals surface area contributed by atoms with Crippen molar-refractivity contribution in [2.45, 2.75) is 199 Å². The molecular formula is C58H114O9. The number of ether oxygens (including phenoxy) is 9. The Morgan fingerprint density at radius 3 is 0.731 bits per heavy atom. The van der Waals surface area contributed by atoms with Gasteiger partial charge in [-0.1, -0.05) is 83.1 Å². The van der Waals surface area contributed by atoms with Crippen molar-refractivity contribution in [3.05, 3.63) is 0 Å². The number of hydrogen-bond acceptors (Lipinski definition) is 9. The fourth-order valence-corrected chi connectivity index (χ4v) is 9.91. The number of rotatable bonds is 2. The Labute approximate surface area is 416 Å². The van der Waals surface area contributed by atoms with Gasteiger partial charge in [0, 0.05) is 119 Å². The van der Waals surface area contributed by atoms with Gasteiger partial charge in [-0.05, 0) is 173 Å². The van der Waals surface area contributed by atoms with Gasteiger partial charge in [0.05, 0.1) is 0 Å². The maximum atomic E-state index is 6.54. The predicted molar refractivity (Wildman–Crippen MR) is 279 cm³/mol. The van der Waals surface area contributed by atoms with Gasteiger partial charge in [-0.2, -0.15) is 0 Å². The van der Waals surface area contributed by atoms with E-state index in [1.807, 2.05) is 0 Å². The topological polar surface area (TPSA) is 83.1 Å². The molecule has 2 bridgehead atoms. The summed E-state index contributed by atoms with van der Waals surface area (Å²) in [6.45, 7) is 42.7. The normalized spacial score (nSPS) is 28.8. The second-order valence-electron chi connectivity index (χ2n) is 25.6. The Hall–Kier alpha value is -0.360. The van der Waals surface area contributed by atoms with Crippen molar-refractivity contribution in [3.63, 3.8) is 0 Å². The third-order valence-corrected chi connectivity index (χ3v) is 13.8. The quantitative estimate of drug-likeness (QED) is 0.269. The van der Waals surface area contributed by atoms with Gasteiger partial charge in [0.15, 0.2) is 0 Å². The van der Waals surface area contributed by atoms with Crippen LogP contribution < -0.4 is 0 Å². The minimum atomic E-state index is 0.136. The average Bonchev–Trinajstić information content (AvgIpc) is 3.21. The summed E-state index contributed by atoms with van der Waals surface area (Å²) in [7, 11) is 0. The summed E-state index contributed by atoms with van der Waals surface area (Å²) >= 11 is 0. The molecule has 67 heavy (non-hydrogen) atoms. The smallest absolute Gasteiger partial charge is 0.0499 e. The minimum absolute atomic E-state index is 0.136. The molecule has 6 atom stereocenters. The Kier molecular flexibility index (Phi) is 34.2. The fourth-order valence-electron chi connectivity index (χ4n) is 9.91. The number of hydrogen-bond donors (Lipinski definition) is 0. The largest absolute Gasteiger partial charge is 0.381 e. The lowest BCUT2D eigenvalue weighted by Crippen LogP contribution is -2.31. The summed E-state index contributed by atoms with van der Waals surface area (Å²) in [5.41, 5.74) is 0.728. The van der Waals surface area contributed by atoms with Crippen LogP contribution in [0.4, 0.5) is 0 Å². The van der Waals surface area contributed by atoms with E-state index in [9.17, 15) is 0 Å². The van der Waals surface area contributed by atoms with Crippen molar-refractivity contribution in [2.24, 2.45) is 57.2 Å². The Balaban J connectivity index is 2.29. The molecule has 0 aromatic rings. The molecule has 0 aliphatic carbocycles. The molecule has 2 heterocycles. The molecule has 0 radical (unpaired) electrons. The van der Waals surface area contributed by atoms with Crippen molar-refractivity contribution in [1.29, 1.82) is 0 Å². The second-order valence-corrected chi connectivity index (χ2v) is 25.6. The fraction of sp³-hybridized carbons (Fsp3) is 1.00. The van der Waals surface area contributed by atoms with E-state index in [-0.39, 0.29) is 21.7 Å². The molecule has 6 unspecified atom stereocenters. The molecule has 400 valence electrons. The van der Waals surface area contributed by atoms with E-state index >= 15 is 0 Å². The van der Waals surface area contributed by atoms with Crippen molar-refractivity contribution in [2.75, 3.05) is 119 Å². The van der Waals surface area contributed by atoms with E-state index in [0.29, 0.717) is 35.5 Å². The van der Waals surface area contributed by atoms with Crippen LogP contribution in [0.15, 0.2) is 0 Å². The highest BCUT2D eigenvalue weighted by Gasteiger charge is 2.32. The maximum Gasteiger partial charge on any atom is 0.0499 e. The molecule has 2 rings (SSSR count). The van der Waals surface area contributed by atoms with Crippen molar-refractivity contribution in [1.82, 2.24) is 0 Å². The Bertz CT molecular complexity index is 1040. The molecule has 9 heteroatoms. The highest BCUT2D eigenvalue weighted by atomic mass is 16.5. The zero-order chi connectivity index (χ0) is 49.3. The van der Waals surface area contributed by atoms with Crippen molar-refractivity contribution in [3.8, 4) is 0 Å². The molecule has 0 amide bonds. The van der Waals surface area contributed by atoms with Crippen LogP contribution in [0.25, 0.3) is 0 Å². The molecule has 0 aromatic carbocycles. The van der Waals surface area contributed by atoms with Crippen LogP contribution in [-0.4, -0.2) is 119 Å². The molecule has 0 N–H and O–H groups in total. The van der Waals surface area contributed by atoms with E-state index in [1.165, 1.54) is 0 Å². The van der Waals surface area contributed by atoms with Crippen molar-refractivity contribution < 1.29 is 42.6 Å². The Morgan fingerprint density at radius 1 is 0.269 bits per heavy atom. The van der Waals surface area contributed by atoms with E-state index in [1.54, 1.807) is 0 Å². The first-order chi connectivity index (χ1) is 31.8. The van der Waals surface area contributed by atoms with Gasteiger partial charge in [0.2, 0.25) is 0 Å². The summed E-state index contributed by atoms with van der Waals surface area (Å²) in [5.74, 6) is 2.75. The Morgan fingerprint density at radius 2 is 0.493 bits per heavy atom. The van der Waals surface area contributed by atoms with Gasteiger partial charge in [-0.15, -0.1) is 0 Å². The van der Waals surface area contributed by atoms with E-state index < -0.39 is 0 Å². The van der Waals surface area contributed by atoms with Gasteiger partial charge >= 0.3 is 0 Å². The molecule has 0 aromatic heterocycles. The first kappa shape index (κ1) is 62.8. The zero-order valence-electron chi connectivity index (χ0n) is 46.6. The SMILES string of the molecule is CC(C)(C)CC1COCCCCOCCCCOCC(CC(C)(C)C)CC2COCCCCOCCCCOCC(C1)CC(C(C)(C)C)COCCCCOCCCCOCC(C(C)(C)C)C2. The van der Waals surface area contributed by atoms with Gasteiger partial charge in [-0.3, -0.25) is 0 Å². The lowest BCUT2D eigenvalue weighted by atomic mass is 9.73. The lowest BCUT2D eigenvalue weighted by Gasteiger charge is -2.35. The van der Waals surface area contributed by atoms with Crippen LogP contribution in [0, 0.1) is 57.2 Å². The predicted octanol–water partition coefficient (Wildman–Crippen LogP) is 14.1. The van der Waals surface area contributed by atoms with Crippen LogP contribution in [0.5, 0.6) is 0 Å². The zero-order valence-corrected chi connectivity index (χ0v) is 46.6. The minimum Gasteiger partial charge on any atom is -0.381 e. The van der Waals surface area contributed by atoms with Gasteiger partial charge < -0.3 is 42.6 Å². The average molecular weight is 956 g/mol. The summed E-state index contributed by atoms with van der Waals surface area (Å²) in [6, 6.07) is 0. The first-order valence-corrected chi connectivity index (χ1v) is 28.0. The molecule has 2 saturated heterocycles. The monoisotopic (exact) mass is 955 g/mol. The van der Waals surface area contributed by atoms with Crippen LogP contribution >= 0.6 is 0 Å². The molecule has 2 aliphatic rings. The summed E-state index contributed by atoms with van der Waals surface area (Å²) in [6.07, 6.45) is 19.0. The molecule has 0 saturated carbocycles. The number of fused-ring (bicyclic) bond motifs is 14. The molecule has 0 spiro atoms. The lowest BCUT2D eigenvalue weighted by molar-refractivity contribution is 0.00530. The first-order valence-electron chi connectivity index (χ1n) is 28.0. The van der Waals surface area contributed by atoms with Crippen LogP contribution in [0.2, 0.25) is 0 Å². The van der Waals surface area contributed by atoms with Crippen molar-refractivity contribution >= 4 is 0 Å².